The van der Waals surface area contributed by atoms with Crippen molar-refractivity contribution in [3.8, 4) is 0 Å². The van der Waals surface area contributed by atoms with Crippen LogP contribution in [0.1, 0.15) is 11.7 Å². The van der Waals surface area contributed by atoms with Crippen LogP contribution in [0.25, 0.3) is 10.9 Å². The maximum Gasteiger partial charge on any atom is 0.106 e. The number of halogens is 1. The first-order valence-electron chi connectivity index (χ1n) is 5.24. The van der Waals surface area contributed by atoms with Gasteiger partial charge in [0.2, 0.25) is 0 Å². The van der Waals surface area contributed by atoms with Gasteiger partial charge in [-0.15, -0.1) is 0 Å². The zero-order chi connectivity index (χ0) is 12.4. The molecule has 4 N–H and O–H groups in total. The van der Waals surface area contributed by atoms with Gasteiger partial charge in [0.05, 0.1) is 16.6 Å². The third-order valence-corrected chi connectivity index (χ3v) is 2.99. The highest BCUT2D eigenvalue weighted by molar-refractivity contribution is 6.35. The minimum atomic E-state index is -1.01. The Morgan fingerprint density at radius 3 is 2.76 bits per heavy atom. The highest BCUT2D eigenvalue weighted by Gasteiger charge is 2.17. The number of hydrogen-bond donors (Lipinski definition) is 3. The lowest BCUT2D eigenvalue weighted by atomic mass is 10.0. The Labute approximate surface area is 104 Å². The molecule has 2 unspecified atom stereocenters. The number of rotatable bonds is 3. The van der Waals surface area contributed by atoms with E-state index in [2.05, 4.69) is 4.98 Å². The van der Waals surface area contributed by atoms with E-state index in [0.29, 0.717) is 10.6 Å². The van der Waals surface area contributed by atoms with Crippen LogP contribution in [-0.4, -0.2) is 27.8 Å². The van der Waals surface area contributed by atoms with Crippen LogP contribution in [0.15, 0.2) is 30.5 Å². The topological polar surface area (TPSA) is 79.4 Å². The van der Waals surface area contributed by atoms with E-state index in [-0.39, 0.29) is 6.54 Å². The molecule has 0 radical (unpaired) electrons. The summed E-state index contributed by atoms with van der Waals surface area (Å²) in [7, 11) is 0. The summed E-state index contributed by atoms with van der Waals surface area (Å²) < 4.78 is 0. The van der Waals surface area contributed by atoms with Gasteiger partial charge in [0.1, 0.15) is 6.10 Å². The summed E-state index contributed by atoms with van der Waals surface area (Å²) in [5.74, 6) is 0. The van der Waals surface area contributed by atoms with Crippen molar-refractivity contribution in [2.45, 2.75) is 12.2 Å². The molecule has 0 saturated carbocycles. The fourth-order valence-electron chi connectivity index (χ4n) is 1.67. The molecule has 0 aliphatic heterocycles. The molecule has 0 saturated heterocycles. The third-order valence-electron chi connectivity index (χ3n) is 2.66. The second kappa shape index (κ2) is 4.98. The van der Waals surface area contributed by atoms with E-state index in [4.69, 9.17) is 17.3 Å². The Bertz CT molecular complexity index is 533. The summed E-state index contributed by atoms with van der Waals surface area (Å²) in [5.41, 5.74) is 6.62. The molecule has 0 fully saturated rings. The van der Waals surface area contributed by atoms with Crippen LogP contribution in [-0.2, 0) is 0 Å². The highest BCUT2D eigenvalue weighted by atomic mass is 35.5. The average Bonchev–Trinajstić information content (AvgIpc) is 2.37. The van der Waals surface area contributed by atoms with Crippen molar-refractivity contribution in [1.29, 1.82) is 0 Å². The predicted molar refractivity (Wildman–Crippen MR) is 66.8 cm³/mol. The minimum absolute atomic E-state index is 0.0000242. The molecule has 0 spiro atoms. The van der Waals surface area contributed by atoms with Crippen LogP contribution in [0.2, 0.25) is 5.02 Å². The van der Waals surface area contributed by atoms with Gasteiger partial charge in [0, 0.05) is 18.1 Å². The maximum absolute atomic E-state index is 9.85. The Kier molecular flexibility index (Phi) is 3.59. The molecule has 90 valence electrons. The lowest BCUT2D eigenvalue weighted by Crippen LogP contribution is -2.27. The number of pyridine rings is 1. The minimum Gasteiger partial charge on any atom is -0.389 e. The van der Waals surface area contributed by atoms with Gasteiger partial charge in [-0.2, -0.15) is 0 Å². The normalized spacial score (nSPS) is 14.8. The Hall–Kier alpha value is -1.20. The van der Waals surface area contributed by atoms with Gasteiger partial charge in [0.15, 0.2) is 0 Å². The van der Waals surface area contributed by atoms with Gasteiger partial charge in [-0.05, 0) is 23.8 Å². The second-order valence-electron chi connectivity index (χ2n) is 3.82. The Morgan fingerprint density at radius 2 is 2.06 bits per heavy atom. The van der Waals surface area contributed by atoms with Crippen molar-refractivity contribution in [3.63, 3.8) is 0 Å². The Morgan fingerprint density at radius 1 is 1.29 bits per heavy atom. The quantitative estimate of drug-likeness (QED) is 0.768. The van der Waals surface area contributed by atoms with E-state index in [1.807, 2.05) is 0 Å². The van der Waals surface area contributed by atoms with E-state index >= 15 is 0 Å². The molecule has 2 atom stereocenters. The van der Waals surface area contributed by atoms with Gasteiger partial charge >= 0.3 is 0 Å². The Balaban J connectivity index is 2.47. The number of fused-ring (bicyclic) bond motifs is 1. The third kappa shape index (κ3) is 2.40. The first kappa shape index (κ1) is 12.3. The van der Waals surface area contributed by atoms with Gasteiger partial charge < -0.3 is 15.9 Å². The van der Waals surface area contributed by atoms with E-state index in [9.17, 15) is 10.2 Å². The van der Waals surface area contributed by atoms with Gasteiger partial charge in [-0.3, -0.25) is 4.98 Å². The van der Waals surface area contributed by atoms with Gasteiger partial charge in [-0.25, -0.2) is 0 Å². The van der Waals surface area contributed by atoms with Crippen molar-refractivity contribution in [2.24, 2.45) is 5.73 Å². The summed E-state index contributed by atoms with van der Waals surface area (Å²) in [6, 6.07) is 6.85. The van der Waals surface area contributed by atoms with Crippen LogP contribution in [0.4, 0.5) is 0 Å². The number of hydrogen-bond acceptors (Lipinski definition) is 4. The van der Waals surface area contributed by atoms with Crippen LogP contribution in [0.5, 0.6) is 0 Å². The number of aliphatic hydroxyl groups is 2. The zero-order valence-corrected chi connectivity index (χ0v) is 9.80. The zero-order valence-electron chi connectivity index (χ0n) is 9.05. The first-order valence-corrected chi connectivity index (χ1v) is 5.61. The molecule has 4 nitrogen and oxygen atoms in total. The number of aromatic nitrogens is 1. The molecule has 0 aliphatic carbocycles. The fourth-order valence-corrected chi connectivity index (χ4v) is 1.87. The molecule has 0 aliphatic rings. The largest absolute Gasteiger partial charge is 0.389 e. The second-order valence-corrected chi connectivity index (χ2v) is 4.22. The molecule has 0 amide bonds. The molecule has 5 heteroatoms. The van der Waals surface area contributed by atoms with E-state index in [1.54, 1.807) is 30.5 Å². The van der Waals surface area contributed by atoms with Crippen molar-refractivity contribution < 1.29 is 10.2 Å². The van der Waals surface area contributed by atoms with E-state index in [0.717, 1.165) is 10.9 Å². The molecule has 1 heterocycles. The van der Waals surface area contributed by atoms with Crippen LogP contribution >= 0.6 is 11.6 Å². The smallest absolute Gasteiger partial charge is 0.106 e. The molecule has 2 aromatic rings. The molecule has 2 rings (SSSR count). The van der Waals surface area contributed by atoms with Crippen molar-refractivity contribution in [3.05, 3.63) is 41.0 Å². The van der Waals surface area contributed by atoms with E-state index < -0.39 is 12.2 Å². The van der Waals surface area contributed by atoms with Crippen LogP contribution in [0.3, 0.4) is 0 Å². The van der Waals surface area contributed by atoms with Crippen molar-refractivity contribution in [1.82, 2.24) is 4.98 Å². The maximum atomic E-state index is 9.85. The standard InChI is InChI=1S/C12H13ClN2O2/c13-9-3-4-15-10-2-1-7(5-8(9)10)12(17)11(16)6-14/h1-5,11-12,16-17H,6,14H2. The van der Waals surface area contributed by atoms with Crippen molar-refractivity contribution in [2.75, 3.05) is 6.54 Å². The van der Waals surface area contributed by atoms with Crippen LogP contribution < -0.4 is 5.73 Å². The lowest BCUT2D eigenvalue weighted by molar-refractivity contribution is 0.0244. The SMILES string of the molecule is NCC(O)C(O)c1ccc2nccc(Cl)c2c1. The number of nitrogens with zero attached hydrogens (tertiary/aromatic N) is 1. The average molecular weight is 253 g/mol. The summed E-state index contributed by atoms with van der Waals surface area (Å²) in [5, 5.41) is 20.7. The summed E-state index contributed by atoms with van der Waals surface area (Å²) >= 11 is 6.04. The lowest BCUT2D eigenvalue weighted by Gasteiger charge is -2.16. The summed E-state index contributed by atoms with van der Waals surface area (Å²) in [6.07, 6.45) is -0.376. The first-order chi connectivity index (χ1) is 8.13. The van der Waals surface area contributed by atoms with E-state index in [1.165, 1.54) is 0 Å². The highest BCUT2D eigenvalue weighted by Crippen LogP contribution is 2.26. The summed E-state index contributed by atoms with van der Waals surface area (Å²) in [6.45, 7) is -0.0000242. The van der Waals surface area contributed by atoms with Gasteiger partial charge in [-0.1, -0.05) is 17.7 Å². The van der Waals surface area contributed by atoms with Gasteiger partial charge in [0.25, 0.3) is 0 Å². The monoisotopic (exact) mass is 252 g/mol. The summed E-state index contributed by atoms with van der Waals surface area (Å²) in [4.78, 5) is 4.15. The van der Waals surface area contributed by atoms with Crippen LogP contribution in [0, 0.1) is 0 Å². The molecule has 17 heavy (non-hydrogen) atoms. The molecular weight excluding hydrogens is 240 g/mol. The van der Waals surface area contributed by atoms with Crippen molar-refractivity contribution >= 4 is 22.5 Å². The molecular formula is C12H13ClN2O2. The molecule has 1 aromatic carbocycles. The molecule has 0 bridgehead atoms. The molecule has 1 aromatic heterocycles. The predicted octanol–water partition coefficient (Wildman–Crippen LogP) is 1.24. The fraction of sp³-hybridized carbons (Fsp3) is 0.250. The number of benzene rings is 1. The number of aliphatic hydroxyl groups excluding tert-OH is 2. The number of nitrogens with two attached hydrogens (primary N) is 1.